The molecule has 5 nitrogen and oxygen atoms in total. The van der Waals surface area contributed by atoms with Gasteiger partial charge in [0.25, 0.3) is 5.56 Å². The molecule has 2 aromatic heterocycles. The summed E-state index contributed by atoms with van der Waals surface area (Å²) >= 11 is 1.52. The van der Waals surface area contributed by atoms with Gasteiger partial charge in [-0.2, -0.15) is 0 Å². The predicted octanol–water partition coefficient (Wildman–Crippen LogP) is 3.02. The number of amides is 1. The number of aromatic nitrogens is 2. The van der Waals surface area contributed by atoms with Crippen molar-refractivity contribution >= 4 is 27.5 Å². The number of hydrogen-bond acceptors (Lipinski definition) is 4. The molecule has 0 aromatic carbocycles. The third kappa shape index (κ3) is 3.11. The van der Waals surface area contributed by atoms with Crippen LogP contribution in [-0.4, -0.2) is 21.5 Å². The normalized spacial score (nSPS) is 24.2. The van der Waals surface area contributed by atoms with E-state index in [1.54, 1.807) is 0 Å². The predicted molar refractivity (Wildman–Crippen MR) is 97.5 cm³/mol. The minimum Gasteiger partial charge on any atom is -0.352 e. The molecular formula is C18H25N3O2S. The van der Waals surface area contributed by atoms with E-state index < -0.39 is 0 Å². The van der Waals surface area contributed by atoms with E-state index in [0.29, 0.717) is 17.2 Å². The maximum Gasteiger partial charge on any atom is 0.262 e. The molecular weight excluding hydrogens is 322 g/mol. The summed E-state index contributed by atoms with van der Waals surface area (Å²) in [6.07, 6.45) is 4.89. The monoisotopic (exact) mass is 347 g/mol. The van der Waals surface area contributed by atoms with Gasteiger partial charge in [-0.05, 0) is 37.7 Å². The average molecular weight is 347 g/mol. The highest BCUT2D eigenvalue weighted by Gasteiger charge is 2.28. The number of nitrogens with zero attached hydrogens (tertiary/aromatic N) is 2. The Bertz CT molecular complexity index is 824. The smallest absolute Gasteiger partial charge is 0.262 e. The van der Waals surface area contributed by atoms with Crippen LogP contribution in [0.5, 0.6) is 0 Å². The van der Waals surface area contributed by atoms with Crippen LogP contribution in [0, 0.1) is 25.7 Å². The van der Waals surface area contributed by atoms with Crippen molar-refractivity contribution in [1.82, 2.24) is 14.9 Å². The highest BCUT2D eigenvalue weighted by Crippen LogP contribution is 2.29. The minimum atomic E-state index is -0.123. The van der Waals surface area contributed by atoms with Crippen LogP contribution in [0.1, 0.15) is 43.6 Å². The fourth-order valence-electron chi connectivity index (χ4n) is 3.58. The van der Waals surface area contributed by atoms with Crippen molar-refractivity contribution in [2.75, 3.05) is 0 Å². The summed E-state index contributed by atoms with van der Waals surface area (Å²) in [5.41, 5.74) is 0.846. The van der Waals surface area contributed by atoms with Crippen LogP contribution in [-0.2, 0) is 11.3 Å². The van der Waals surface area contributed by atoms with E-state index in [0.717, 1.165) is 28.1 Å². The molecule has 1 fully saturated rings. The first-order valence-electron chi connectivity index (χ1n) is 8.63. The van der Waals surface area contributed by atoms with Gasteiger partial charge in [-0.15, -0.1) is 11.3 Å². The van der Waals surface area contributed by atoms with Gasteiger partial charge in [0.15, 0.2) is 0 Å². The second-order valence-corrected chi connectivity index (χ2v) is 8.29. The van der Waals surface area contributed by atoms with E-state index in [4.69, 9.17) is 0 Å². The maximum absolute atomic E-state index is 12.7. The number of rotatable bonds is 3. The van der Waals surface area contributed by atoms with Gasteiger partial charge >= 0.3 is 0 Å². The number of carbonyl (C=O) groups is 1. The molecule has 0 unspecified atom stereocenters. The summed E-state index contributed by atoms with van der Waals surface area (Å²) in [5.74, 6) is 0.997. The van der Waals surface area contributed by atoms with Gasteiger partial charge in [0.1, 0.15) is 11.4 Å². The van der Waals surface area contributed by atoms with Crippen molar-refractivity contribution < 1.29 is 4.79 Å². The highest BCUT2D eigenvalue weighted by atomic mass is 32.1. The Hall–Kier alpha value is -1.69. The van der Waals surface area contributed by atoms with Crippen LogP contribution in [0.2, 0.25) is 0 Å². The molecule has 0 bridgehead atoms. The average Bonchev–Trinajstić information content (AvgIpc) is 2.82. The first-order valence-corrected chi connectivity index (χ1v) is 9.44. The summed E-state index contributed by atoms with van der Waals surface area (Å²) in [6.45, 7) is 8.41. The van der Waals surface area contributed by atoms with Crippen molar-refractivity contribution in [2.24, 2.45) is 11.8 Å². The van der Waals surface area contributed by atoms with E-state index >= 15 is 0 Å². The van der Waals surface area contributed by atoms with E-state index in [2.05, 4.69) is 24.1 Å². The molecule has 1 aliphatic carbocycles. The Morgan fingerprint density at radius 2 is 2.12 bits per heavy atom. The first kappa shape index (κ1) is 17.1. The quantitative estimate of drug-likeness (QED) is 0.928. The number of carbonyl (C=O) groups excluding carboxylic acids is 1. The Kier molecular flexibility index (Phi) is 4.76. The second kappa shape index (κ2) is 6.67. The standard InChI is InChI=1S/C18H25N3O2S/c1-10-6-5-7-14(11(10)2)20-15(22)8-21-9-19-17-16(18(21)23)12(3)13(4)24-17/h9-11,14H,5-8H2,1-4H3,(H,20,22)/t10-,11+,14-/m0/s1. The van der Waals surface area contributed by atoms with Crippen molar-refractivity contribution in [3.63, 3.8) is 0 Å². The van der Waals surface area contributed by atoms with Crippen LogP contribution in [0.15, 0.2) is 11.1 Å². The fraction of sp³-hybridized carbons (Fsp3) is 0.611. The van der Waals surface area contributed by atoms with Crippen LogP contribution in [0.25, 0.3) is 10.2 Å². The van der Waals surface area contributed by atoms with E-state index in [-0.39, 0.29) is 24.1 Å². The lowest BCUT2D eigenvalue weighted by Crippen LogP contribution is -2.45. The molecule has 0 radical (unpaired) electrons. The van der Waals surface area contributed by atoms with Crippen molar-refractivity contribution in [1.29, 1.82) is 0 Å². The maximum atomic E-state index is 12.7. The van der Waals surface area contributed by atoms with Gasteiger partial charge in [-0.25, -0.2) is 4.98 Å². The number of fused-ring (bicyclic) bond motifs is 1. The van der Waals surface area contributed by atoms with Crippen molar-refractivity contribution in [2.45, 2.75) is 59.5 Å². The van der Waals surface area contributed by atoms with Gasteiger partial charge in [-0.1, -0.05) is 26.7 Å². The topological polar surface area (TPSA) is 64.0 Å². The molecule has 0 aliphatic heterocycles. The molecule has 1 saturated carbocycles. The minimum absolute atomic E-state index is 0.0354. The van der Waals surface area contributed by atoms with Crippen LogP contribution >= 0.6 is 11.3 Å². The zero-order valence-corrected chi connectivity index (χ0v) is 15.6. The Morgan fingerprint density at radius 1 is 1.38 bits per heavy atom. The Morgan fingerprint density at radius 3 is 2.88 bits per heavy atom. The molecule has 1 N–H and O–H groups in total. The molecule has 0 spiro atoms. The van der Waals surface area contributed by atoms with Gasteiger partial charge in [0, 0.05) is 10.9 Å². The zero-order chi connectivity index (χ0) is 17.4. The number of nitrogens with one attached hydrogen (secondary N) is 1. The van der Waals surface area contributed by atoms with Gasteiger partial charge in [-0.3, -0.25) is 14.2 Å². The molecule has 1 aliphatic rings. The molecule has 0 saturated heterocycles. The van der Waals surface area contributed by atoms with E-state index in [1.807, 2.05) is 13.8 Å². The molecule has 1 amide bonds. The zero-order valence-electron chi connectivity index (χ0n) is 14.8. The van der Waals surface area contributed by atoms with Crippen LogP contribution in [0.4, 0.5) is 0 Å². The Labute approximate surface area is 146 Å². The molecule has 24 heavy (non-hydrogen) atoms. The third-order valence-electron chi connectivity index (χ3n) is 5.52. The Balaban J connectivity index is 1.77. The lowest BCUT2D eigenvalue weighted by molar-refractivity contribution is -0.123. The molecule has 2 aromatic rings. The summed E-state index contributed by atoms with van der Waals surface area (Å²) < 4.78 is 1.42. The first-order chi connectivity index (χ1) is 11.4. The second-order valence-electron chi connectivity index (χ2n) is 7.08. The number of aryl methyl sites for hydroxylation is 2. The highest BCUT2D eigenvalue weighted by molar-refractivity contribution is 7.18. The van der Waals surface area contributed by atoms with Crippen molar-refractivity contribution in [3.8, 4) is 0 Å². The summed E-state index contributed by atoms with van der Waals surface area (Å²) in [5, 5.41) is 3.76. The fourth-order valence-corrected chi connectivity index (χ4v) is 4.56. The molecule has 3 rings (SSSR count). The lowest BCUT2D eigenvalue weighted by Gasteiger charge is -2.34. The molecule has 3 atom stereocenters. The van der Waals surface area contributed by atoms with Gasteiger partial charge < -0.3 is 5.32 Å². The van der Waals surface area contributed by atoms with Crippen LogP contribution < -0.4 is 10.9 Å². The number of thiophene rings is 1. The number of hydrogen-bond donors (Lipinski definition) is 1. The van der Waals surface area contributed by atoms with Gasteiger partial charge in [0.2, 0.25) is 5.91 Å². The lowest BCUT2D eigenvalue weighted by atomic mass is 9.78. The molecule has 130 valence electrons. The van der Waals surface area contributed by atoms with E-state index in [1.165, 1.54) is 28.7 Å². The molecule has 2 heterocycles. The largest absolute Gasteiger partial charge is 0.352 e. The third-order valence-corrected chi connectivity index (χ3v) is 6.64. The van der Waals surface area contributed by atoms with Crippen molar-refractivity contribution in [3.05, 3.63) is 27.1 Å². The molecule has 6 heteroatoms. The summed E-state index contributed by atoms with van der Waals surface area (Å²) in [6, 6.07) is 0.207. The summed E-state index contributed by atoms with van der Waals surface area (Å²) in [4.78, 5) is 31.3. The van der Waals surface area contributed by atoms with Crippen LogP contribution in [0.3, 0.4) is 0 Å². The SMILES string of the molecule is Cc1sc2ncn(CC(=O)N[C@H]3CCC[C@H](C)[C@H]3C)c(=O)c2c1C. The summed E-state index contributed by atoms with van der Waals surface area (Å²) in [7, 11) is 0. The van der Waals surface area contributed by atoms with Gasteiger partial charge in [0.05, 0.1) is 11.7 Å². The van der Waals surface area contributed by atoms with E-state index in [9.17, 15) is 9.59 Å².